The van der Waals surface area contributed by atoms with Crippen molar-refractivity contribution >= 4 is 44.6 Å². The average molecular weight is 883 g/mol. The molecule has 0 bridgehead atoms. The molecule has 62 heavy (non-hydrogen) atoms. The maximum Gasteiger partial charge on any atom is 0.391 e. The molecule has 1 aromatic carbocycles. The van der Waals surface area contributed by atoms with Gasteiger partial charge in [0.05, 0.1) is 42.0 Å². The number of nitrogens with zero attached hydrogens (tertiary/aromatic N) is 4. The summed E-state index contributed by atoms with van der Waals surface area (Å²) < 4.78 is 80.5. The number of pyridine rings is 2. The van der Waals surface area contributed by atoms with Crippen LogP contribution in [0.3, 0.4) is 0 Å². The van der Waals surface area contributed by atoms with E-state index in [1.807, 2.05) is 13.0 Å². The summed E-state index contributed by atoms with van der Waals surface area (Å²) in [5, 5.41) is 2.73. The number of rotatable bonds is 13. The van der Waals surface area contributed by atoms with Gasteiger partial charge in [0.2, 0.25) is 27.7 Å². The summed E-state index contributed by atoms with van der Waals surface area (Å²) in [7, 11) is -2.42. The Kier molecular flexibility index (Phi) is 12.1. The number of benzene rings is 1. The van der Waals surface area contributed by atoms with Crippen LogP contribution in [-0.4, -0.2) is 108 Å². The topological polar surface area (TPSA) is 177 Å². The van der Waals surface area contributed by atoms with Crippen molar-refractivity contribution in [3.63, 3.8) is 0 Å². The Labute approximate surface area is 359 Å². The molecule has 0 spiro atoms. The lowest BCUT2D eigenvalue weighted by atomic mass is 9.77. The Balaban J connectivity index is 1.21. The zero-order chi connectivity index (χ0) is 44.9. The van der Waals surface area contributed by atoms with Gasteiger partial charge in [-0.1, -0.05) is 26.8 Å². The van der Waals surface area contributed by atoms with Crippen LogP contribution in [0.15, 0.2) is 55.4 Å². The third kappa shape index (κ3) is 9.11. The van der Waals surface area contributed by atoms with Gasteiger partial charge in [0, 0.05) is 66.8 Å². The maximum atomic E-state index is 14.9. The van der Waals surface area contributed by atoms with Crippen LogP contribution in [0.5, 0.6) is 11.5 Å². The molecule has 2 aromatic heterocycles. The normalized spacial score (nSPS) is 23.7. The molecule has 0 radical (unpaired) electrons. The summed E-state index contributed by atoms with van der Waals surface area (Å²) >= 11 is 0. The quantitative estimate of drug-likeness (QED) is 0.209. The van der Waals surface area contributed by atoms with Crippen molar-refractivity contribution in [2.24, 2.45) is 23.2 Å². The molecule has 5 atom stereocenters. The van der Waals surface area contributed by atoms with E-state index in [9.17, 15) is 40.8 Å². The van der Waals surface area contributed by atoms with E-state index in [-0.39, 0.29) is 51.7 Å². The molecule has 18 heteroatoms. The molecular weight excluding hydrogens is 830 g/mol. The number of piperidine rings is 1. The van der Waals surface area contributed by atoms with E-state index in [1.54, 1.807) is 64.5 Å². The third-order valence-electron chi connectivity index (χ3n) is 12.7. The van der Waals surface area contributed by atoms with Crippen molar-refractivity contribution in [2.75, 3.05) is 26.7 Å². The molecule has 2 aliphatic carbocycles. The number of sulfonamides is 1. The van der Waals surface area contributed by atoms with Crippen LogP contribution < -0.4 is 19.5 Å². The first kappa shape index (κ1) is 44.8. The van der Waals surface area contributed by atoms with E-state index < -0.39 is 85.9 Å². The number of amides is 4. The van der Waals surface area contributed by atoms with Gasteiger partial charge in [0.25, 0.3) is 5.91 Å². The molecule has 4 fully saturated rings. The molecule has 334 valence electrons. The van der Waals surface area contributed by atoms with Crippen molar-refractivity contribution in [1.29, 1.82) is 0 Å². The standard InChI is InChI=1S/C44H53F3N6O8S/c1-7-27-22-43(27,41(57)51-62(58,59)30-10-11-30)50-39(55)34-19-29(61-36-21-33(26-9-8-16-48-23-26)49-38-25(2)35(60-6)13-12-31(36)38)24-53(34)40(56)32(42(3,4)5)20-37(54)52-17-14-28(15-18-52)44(45,46)47/h7-9,12-13,16,21,23,27-30,32,34H,1,10-11,14-15,17-20,22,24H2,2-6H3,(H,50,55)(H,51,57)/t27?,29-,32-,34+,43+/m1/s1. The van der Waals surface area contributed by atoms with Crippen molar-refractivity contribution < 1.29 is 50.2 Å². The van der Waals surface area contributed by atoms with E-state index in [0.717, 1.165) is 5.56 Å². The number of alkyl halides is 3. The number of halogens is 3. The minimum Gasteiger partial charge on any atom is -0.496 e. The first-order chi connectivity index (χ1) is 29.2. The Morgan fingerprint density at radius 3 is 2.35 bits per heavy atom. The number of hydrogen-bond donors (Lipinski definition) is 2. The zero-order valence-electron chi connectivity index (χ0n) is 35.5. The summed E-state index contributed by atoms with van der Waals surface area (Å²) in [4.78, 5) is 68.8. The molecule has 2 aliphatic heterocycles. The number of carbonyl (C=O) groups is 4. The lowest BCUT2D eigenvalue weighted by molar-refractivity contribution is -0.186. The van der Waals surface area contributed by atoms with Crippen molar-refractivity contribution in [3.05, 3.63) is 60.9 Å². The molecule has 3 aromatic rings. The third-order valence-corrected chi connectivity index (χ3v) is 14.6. The molecular formula is C44H53F3N6O8S. The number of methoxy groups -OCH3 is 1. The summed E-state index contributed by atoms with van der Waals surface area (Å²) in [6, 6.07) is 7.72. The Bertz CT molecular complexity index is 2360. The van der Waals surface area contributed by atoms with Crippen LogP contribution in [0.4, 0.5) is 13.2 Å². The van der Waals surface area contributed by atoms with Crippen LogP contribution in [0.25, 0.3) is 22.2 Å². The monoisotopic (exact) mass is 882 g/mol. The van der Waals surface area contributed by atoms with Crippen LogP contribution in [0.2, 0.25) is 0 Å². The maximum absolute atomic E-state index is 14.9. The van der Waals surface area contributed by atoms with Gasteiger partial charge in [0.1, 0.15) is 29.2 Å². The highest BCUT2D eigenvalue weighted by molar-refractivity contribution is 7.91. The number of ether oxygens (including phenoxy) is 2. The fourth-order valence-corrected chi connectivity index (χ4v) is 10.0. The summed E-state index contributed by atoms with van der Waals surface area (Å²) in [6.45, 7) is 10.7. The predicted molar refractivity (Wildman–Crippen MR) is 223 cm³/mol. The second kappa shape index (κ2) is 16.8. The highest BCUT2D eigenvalue weighted by Crippen LogP contribution is 2.46. The van der Waals surface area contributed by atoms with Crippen LogP contribution in [0, 0.1) is 30.1 Å². The highest BCUT2D eigenvalue weighted by atomic mass is 32.2. The SMILES string of the molecule is C=CC1C[C@@]1(NC(=O)[C@@H]1C[C@@H](Oc2cc(-c3cccnc3)nc3c(C)c(OC)ccc23)CN1C(=O)[C@@H](CC(=O)N1CCC(C(F)(F)F)CC1)C(C)(C)C)C(=O)NS(=O)(=O)C1CC1. The summed E-state index contributed by atoms with van der Waals surface area (Å²) in [5.74, 6) is -4.75. The minimum atomic E-state index is -4.37. The van der Waals surface area contributed by atoms with E-state index in [4.69, 9.17) is 14.5 Å². The lowest BCUT2D eigenvalue weighted by Gasteiger charge is -2.37. The number of hydrogen-bond acceptors (Lipinski definition) is 10. The number of aromatic nitrogens is 2. The number of likely N-dealkylation sites (tertiary alicyclic amines) is 2. The summed E-state index contributed by atoms with van der Waals surface area (Å²) in [6.07, 6.45) is -0.332. The largest absolute Gasteiger partial charge is 0.496 e. The Morgan fingerprint density at radius 2 is 1.77 bits per heavy atom. The molecule has 4 aliphatic rings. The van der Waals surface area contributed by atoms with Crippen molar-refractivity contribution in [1.82, 2.24) is 29.8 Å². The Hall–Kier alpha value is -5.26. The second-order valence-electron chi connectivity index (χ2n) is 18.0. The number of fused-ring (bicyclic) bond motifs is 1. The number of carbonyl (C=O) groups excluding carboxylic acids is 4. The van der Waals surface area contributed by atoms with Gasteiger partial charge in [-0.15, -0.1) is 6.58 Å². The van der Waals surface area contributed by atoms with Crippen molar-refractivity contribution in [3.8, 4) is 22.8 Å². The zero-order valence-corrected chi connectivity index (χ0v) is 36.3. The fourth-order valence-electron chi connectivity index (χ4n) is 8.66. The van der Waals surface area contributed by atoms with Gasteiger partial charge >= 0.3 is 6.18 Å². The van der Waals surface area contributed by atoms with Gasteiger partial charge in [-0.3, -0.25) is 28.9 Å². The van der Waals surface area contributed by atoms with Gasteiger partial charge < -0.3 is 24.6 Å². The molecule has 14 nitrogen and oxygen atoms in total. The van der Waals surface area contributed by atoms with E-state index in [0.29, 0.717) is 46.5 Å². The van der Waals surface area contributed by atoms with Gasteiger partial charge in [-0.25, -0.2) is 13.4 Å². The van der Waals surface area contributed by atoms with E-state index in [1.165, 1.54) is 15.9 Å². The smallest absolute Gasteiger partial charge is 0.391 e. The molecule has 1 unspecified atom stereocenters. The van der Waals surface area contributed by atoms with Crippen LogP contribution in [0.1, 0.15) is 71.3 Å². The molecule has 2 N–H and O–H groups in total. The fraction of sp³-hybridized carbons (Fsp3) is 0.545. The molecule has 7 rings (SSSR count). The van der Waals surface area contributed by atoms with E-state index in [2.05, 4.69) is 21.6 Å². The molecule has 4 amide bonds. The minimum absolute atomic E-state index is 0.0503. The predicted octanol–water partition coefficient (Wildman–Crippen LogP) is 5.48. The molecule has 4 heterocycles. The van der Waals surface area contributed by atoms with Gasteiger partial charge in [0.15, 0.2) is 0 Å². The van der Waals surface area contributed by atoms with Crippen LogP contribution >= 0.6 is 0 Å². The van der Waals surface area contributed by atoms with E-state index >= 15 is 0 Å². The second-order valence-corrected chi connectivity index (χ2v) is 20.0. The van der Waals surface area contributed by atoms with Crippen LogP contribution in [-0.2, 0) is 29.2 Å². The number of aryl methyl sites for hydroxylation is 1. The average Bonchev–Trinajstić information content (AvgIpc) is 4.16. The van der Waals surface area contributed by atoms with Gasteiger partial charge in [-0.05, 0) is 68.7 Å². The molecule has 2 saturated carbocycles. The summed E-state index contributed by atoms with van der Waals surface area (Å²) in [5.41, 5.74) is 0.0970. The number of nitrogens with one attached hydrogen (secondary N) is 2. The van der Waals surface area contributed by atoms with Crippen molar-refractivity contribution in [2.45, 2.75) is 102 Å². The first-order valence-electron chi connectivity index (χ1n) is 20.9. The molecule has 2 saturated heterocycles. The highest BCUT2D eigenvalue weighted by Gasteiger charge is 2.62. The van der Waals surface area contributed by atoms with Gasteiger partial charge in [-0.2, -0.15) is 13.2 Å². The Morgan fingerprint density at radius 1 is 1.06 bits per heavy atom. The lowest BCUT2D eigenvalue weighted by Crippen LogP contribution is -2.57. The first-order valence-corrected chi connectivity index (χ1v) is 22.4.